The van der Waals surface area contributed by atoms with Crippen LogP contribution in [0.2, 0.25) is 0 Å². The van der Waals surface area contributed by atoms with Crippen molar-refractivity contribution in [2.45, 2.75) is 121 Å². The highest BCUT2D eigenvalue weighted by Gasteiger charge is 2.64. The Morgan fingerprint density at radius 2 is 1.74 bits per heavy atom. The number of ether oxygens (including phenoxy) is 4. The molecule has 2 aliphatic heterocycles. The van der Waals surface area contributed by atoms with Crippen LogP contribution in [0.4, 0.5) is 0 Å². The molecule has 1 amide bonds. The molecule has 0 radical (unpaired) electrons. The molecule has 6 fully saturated rings. The lowest BCUT2D eigenvalue weighted by Crippen LogP contribution is -2.45. The fourth-order valence-electron chi connectivity index (χ4n) is 9.19. The minimum absolute atomic E-state index is 0.0682. The van der Waals surface area contributed by atoms with Gasteiger partial charge in [-0.3, -0.25) is 4.79 Å². The summed E-state index contributed by atoms with van der Waals surface area (Å²) >= 11 is 0. The van der Waals surface area contributed by atoms with Crippen LogP contribution >= 0.6 is 0 Å². The molecule has 2 N–H and O–H groups in total. The van der Waals surface area contributed by atoms with Gasteiger partial charge in [0.25, 0.3) is 0 Å². The summed E-state index contributed by atoms with van der Waals surface area (Å²) in [4.78, 5) is 26.5. The monoisotopic (exact) mass is 631 g/mol. The second-order valence-electron chi connectivity index (χ2n) is 16.0. The first kappa shape index (κ1) is 30.8. The molecule has 248 valence electrons. The molecule has 1 aromatic carbocycles. The van der Waals surface area contributed by atoms with Crippen molar-refractivity contribution in [1.29, 1.82) is 0 Å². The number of amides is 1. The van der Waals surface area contributed by atoms with Gasteiger partial charge in [-0.05, 0) is 106 Å². The van der Waals surface area contributed by atoms with Gasteiger partial charge in [-0.1, -0.05) is 37.6 Å². The normalized spacial score (nSPS) is 38.1. The van der Waals surface area contributed by atoms with E-state index in [-0.39, 0.29) is 31.1 Å². The predicted octanol–water partition coefficient (Wildman–Crippen LogP) is 5.73. The molecule has 7 atom stereocenters. The van der Waals surface area contributed by atoms with Crippen LogP contribution in [0.25, 0.3) is 6.08 Å². The van der Waals surface area contributed by atoms with Crippen molar-refractivity contribution >= 4 is 18.0 Å². The smallest absolute Gasteiger partial charge is 0.338 e. The number of aliphatic hydroxyl groups is 1. The van der Waals surface area contributed by atoms with Gasteiger partial charge in [0.2, 0.25) is 5.91 Å². The molecule has 2 heterocycles. The molecular formula is C38H49NO7. The van der Waals surface area contributed by atoms with E-state index in [0.29, 0.717) is 46.3 Å². The number of carbonyl (C=O) groups is 2. The summed E-state index contributed by atoms with van der Waals surface area (Å²) in [5.74, 6) is 0.664. The van der Waals surface area contributed by atoms with Gasteiger partial charge in [0.05, 0.1) is 23.9 Å². The summed E-state index contributed by atoms with van der Waals surface area (Å²) in [6, 6.07) is 7.74. The zero-order valence-corrected chi connectivity index (χ0v) is 27.5. The second-order valence-corrected chi connectivity index (χ2v) is 16.0. The number of carbonyl (C=O) groups excluding carboxylic acids is 2. The number of hydrogen-bond donors (Lipinski definition) is 2. The summed E-state index contributed by atoms with van der Waals surface area (Å²) in [5.41, 5.74) is 4.03. The summed E-state index contributed by atoms with van der Waals surface area (Å²) < 4.78 is 25.6. The Morgan fingerprint density at radius 3 is 2.41 bits per heavy atom. The summed E-state index contributed by atoms with van der Waals surface area (Å²) in [7, 11) is 0. The van der Waals surface area contributed by atoms with Crippen LogP contribution in [0.5, 0.6) is 0 Å². The average Bonchev–Trinajstić information content (AvgIpc) is 3.93. The molecule has 0 bridgehead atoms. The van der Waals surface area contributed by atoms with Crippen molar-refractivity contribution in [3.63, 3.8) is 0 Å². The van der Waals surface area contributed by atoms with Crippen LogP contribution in [0.1, 0.15) is 101 Å². The fraction of sp³-hybridized carbons (Fsp3) is 0.684. The van der Waals surface area contributed by atoms with Crippen molar-refractivity contribution in [3.8, 4) is 0 Å². The van der Waals surface area contributed by atoms with Crippen LogP contribution in [0, 0.1) is 29.1 Å². The first-order chi connectivity index (χ1) is 22.1. The van der Waals surface area contributed by atoms with Gasteiger partial charge < -0.3 is 29.4 Å². The Bertz CT molecular complexity index is 1430. The molecule has 0 aromatic heterocycles. The zero-order valence-electron chi connectivity index (χ0n) is 27.5. The third-order valence-corrected chi connectivity index (χ3v) is 12.3. The molecule has 0 spiro atoms. The highest BCUT2D eigenvalue weighted by atomic mass is 16.8. The van der Waals surface area contributed by atoms with Crippen molar-refractivity contribution < 1.29 is 33.6 Å². The minimum Gasteiger partial charge on any atom is -0.456 e. The van der Waals surface area contributed by atoms with Gasteiger partial charge in [0.1, 0.15) is 18.3 Å². The van der Waals surface area contributed by atoms with E-state index < -0.39 is 30.1 Å². The molecule has 8 heteroatoms. The Balaban J connectivity index is 0.985. The molecule has 46 heavy (non-hydrogen) atoms. The van der Waals surface area contributed by atoms with Crippen LogP contribution in [0.3, 0.4) is 0 Å². The Labute approximate surface area is 272 Å². The van der Waals surface area contributed by atoms with E-state index in [1.807, 2.05) is 30.3 Å². The van der Waals surface area contributed by atoms with Crippen LogP contribution in [0.15, 0.2) is 41.5 Å². The number of esters is 1. The number of rotatable bonds is 8. The van der Waals surface area contributed by atoms with Gasteiger partial charge >= 0.3 is 5.97 Å². The third kappa shape index (κ3) is 5.57. The molecule has 7 unspecified atom stereocenters. The first-order valence-electron chi connectivity index (χ1n) is 17.7. The average molecular weight is 632 g/mol. The molecule has 5 aliphatic carbocycles. The lowest BCUT2D eigenvalue weighted by atomic mass is 9.52. The van der Waals surface area contributed by atoms with Gasteiger partial charge in [0, 0.05) is 30.4 Å². The quantitative estimate of drug-likeness (QED) is 0.279. The largest absolute Gasteiger partial charge is 0.456 e. The molecular weight excluding hydrogens is 582 g/mol. The summed E-state index contributed by atoms with van der Waals surface area (Å²) in [6.45, 7) is 7.12. The number of aliphatic hydroxyl groups excluding tert-OH is 1. The lowest BCUT2D eigenvalue weighted by Gasteiger charge is -2.53. The van der Waals surface area contributed by atoms with Crippen molar-refractivity contribution in [3.05, 3.63) is 52.6 Å². The van der Waals surface area contributed by atoms with Crippen LogP contribution in [-0.2, 0) is 23.7 Å². The maximum Gasteiger partial charge on any atom is 0.338 e. The molecule has 4 saturated carbocycles. The number of epoxide rings is 1. The second kappa shape index (κ2) is 11.3. The van der Waals surface area contributed by atoms with Gasteiger partial charge in [-0.15, -0.1) is 0 Å². The van der Waals surface area contributed by atoms with E-state index in [1.54, 1.807) is 0 Å². The minimum atomic E-state index is -0.647. The van der Waals surface area contributed by atoms with E-state index in [9.17, 15) is 14.7 Å². The molecule has 1 aromatic rings. The van der Waals surface area contributed by atoms with Crippen molar-refractivity contribution in [1.82, 2.24) is 5.32 Å². The van der Waals surface area contributed by atoms with Crippen LogP contribution < -0.4 is 5.32 Å². The number of nitrogens with one attached hydrogen (secondary N) is 1. The topological polar surface area (TPSA) is 107 Å². The fourth-order valence-corrected chi connectivity index (χ4v) is 9.19. The molecule has 7 aliphatic rings. The maximum atomic E-state index is 13.6. The molecule has 2 saturated heterocycles. The SMILES string of the molecule is CC1(C)CC2C(=Cc3ccc(C(=O)OC4CC(C(=O)NCCO)=CC5OC(C6CC6)(C6CC6)OC54)cc3)CCC3OC3(C)CCC21. The van der Waals surface area contributed by atoms with E-state index in [1.165, 1.54) is 18.4 Å². The van der Waals surface area contributed by atoms with Gasteiger partial charge in [0.15, 0.2) is 5.79 Å². The predicted molar refractivity (Wildman–Crippen MR) is 171 cm³/mol. The number of benzene rings is 1. The molecule has 8 rings (SSSR count). The van der Waals surface area contributed by atoms with Crippen LogP contribution in [-0.4, -0.2) is 65.9 Å². The van der Waals surface area contributed by atoms with E-state index >= 15 is 0 Å². The lowest BCUT2D eigenvalue weighted by molar-refractivity contribution is -0.209. The highest BCUT2D eigenvalue weighted by molar-refractivity contribution is 5.94. The number of fused-ring (bicyclic) bond motifs is 3. The Hall–Kier alpha value is -2.52. The van der Waals surface area contributed by atoms with Crippen molar-refractivity contribution in [2.75, 3.05) is 13.2 Å². The number of allylic oxidation sites excluding steroid dienone is 1. The highest BCUT2D eigenvalue weighted by Crippen LogP contribution is 2.61. The first-order valence-corrected chi connectivity index (χ1v) is 17.7. The van der Waals surface area contributed by atoms with E-state index in [0.717, 1.165) is 50.5 Å². The van der Waals surface area contributed by atoms with Crippen molar-refractivity contribution in [2.24, 2.45) is 29.1 Å². The number of hydrogen-bond acceptors (Lipinski definition) is 7. The molecule has 8 nitrogen and oxygen atoms in total. The van der Waals surface area contributed by atoms with Gasteiger partial charge in [-0.25, -0.2) is 4.79 Å². The van der Waals surface area contributed by atoms with E-state index in [2.05, 4.69) is 32.2 Å². The Kier molecular flexibility index (Phi) is 7.55. The summed E-state index contributed by atoms with van der Waals surface area (Å²) in [6.07, 6.45) is 13.3. The third-order valence-electron chi connectivity index (χ3n) is 12.3. The zero-order chi connectivity index (χ0) is 31.8. The van der Waals surface area contributed by atoms with Gasteiger partial charge in [-0.2, -0.15) is 0 Å². The van der Waals surface area contributed by atoms with E-state index in [4.69, 9.17) is 18.9 Å². The Morgan fingerprint density at radius 1 is 1.00 bits per heavy atom. The maximum absolute atomic E-state index is 13.6. The summed E-state index contributed by atoms with van der Waals surface area (Å²) in [5, 5.41) is 12.0. The standard InChI is InChI=1S/C38H49NO7/c1-36(2)21-28-24(8-13-32-37(3,45-32)15-14-29(28)36)18-22-4-6-23(7-5-22)35(42)43-30-19-25(34(41)39-16-17-40)20-31-33(30)46-38(44-31,26-9-10-26)27-11-12-27/h4-7,18,20,26-33,40H,8-17,19,21H2,1-3H3,(H,39,41).